The Bertz CT molecular complexity index is 483. The van der Waals surface area contributed by atoms with Gasteiger partial charge in [0.15, 0.2) is 0 Å². The monoisotopic (exact) mass is 370 g/mol. The molecular formula is C19H31ClN2O3. The van der Waals surface area contributed by atoms with Crippen molar-refractivity contribution in [1.82, 2.24) is 9.80 Å². The number of ether oxygens (including phenoxy) is 2. The fourth-order valence-corrected chi connectivity index (χ4v) is 3.07. The van der Waals surface area contributed by atoms with Crippen LogP contribution in [0.25, 0.3) is 0 Å². The third kappa shape index (κ3) is 7.92. The van der Waals surface area contributed by atoms with Crippen LogP contribution in [0.5, 0.6) is 5.75 Å². The van der Waals surface area contributed by atoms with E-state index in [0.717, 1.165) is 58.8 Å². The molecule has 6 heteroatoms. The molecule has 0 radical (unpaired) electrons. The number of hydrogen-bond acceptors (Lipinski definition) is 5. The van der Waals surface area contributed by atoms with Crippen molar-refractivity contribution in [1.29, 1.82) is 0 Å². The Labute approximate surface area is 156 Å². The number of morpholine rings is 1. The maximum absolute atomic E-state index is 10.4. The lowest BCUT2D eigenvalue weighted by molar-refractivity contribution is 0.0265. The number of aliphatic hydroxyl groups excluding tert-OH is 1. The number of para-hydroxylation sites is 1. The summed E-state index contributed by atoms with van der Waals surface area (Å²) in [6, 6.07) is 7.36. The highest BCUT2D eigenvalue weighted by Gasteiger charge is 2.16. The van der Waals surface area contributed by atoms with Gasteiger partial charge in [0.05, 0.1) is 18.2 Å². The van der Waals surface area contributed by atoms with Crippen LogP contribution in [-0.4, -0.2) is 80.1 Å². The first-order valence-electron chi connectivity index (χ1n) is 9.27. The number of nitrogens with zero attached hydrogens (tertiary/aromatic N) is 2. The molecule has 0 aliphatic carbocycles. The number of benzene rings is 1. The molecule has 142 valence electrons. The van der Waals surface area contributed by atoms with Crippen LogP contribution in [0.3, 0.4) is 0 Å². The molecule has 0 saturated carbocycles. The largest absolute Gasteiger partial charge is 0.489 e. The topological polar surface area (TPSA) is 45.2 Å². The molecule has 1 fully saturated rings. The van der Waals surface area contributed by atoms with Crippen molar-refractivity contribution in [2.45, 2.75) is 25.9 Å². The summed E-state index contributed by atoms with van der Waals surface area (Å²) >= 11 is 6.08. The van der Waals surface area contributed by atoms with Gasteiger partial charge in [-0.15, -0.1) is 0 Å². The molecule has 25 heavy (non-hydrogen) atoms. The lowest BCUT2D eigenvalue weighted by Gasteiger charge is -2.31. The van der Waals surface area contributed by atoms with Gasteiger partial charge < -0.3 is 14.6 Å². The van der Waals surface area contributed by atoms with Gasteiger partial charge in [-0.05, 0) is 25.1 Å². The molecule has 1 aromatic carbocycles. The van der Waals surface area contributed by atoms with Crippen molar-refractivity contribution in [3.8, 4) is 5.75 Å². The van der Waals surface area contributed by atoms with Gasteiger partial charge in [-0.1, -0.05) is 37.1 Å². The van der Waals surface area contributed by atoms with Crippen molar-refractivity contribution in [2.75, 3.05) is 59.1 Å². The van der Waals surface area contributed by atoms with Crippen molar-refractivity contribution in [3.63, 3.8) is 0 Å². The van der Waals surface area contributed by atoms with Crippen LogP contribution >= 0.6 is 11.6 Å². The highest BCUT2D eigenvalue weighted by atomic mass is 35.5. The second kappa shape index (κ2) is 11.7. The summed E-state index contributed by atoms with van der Waals surface area (Å²) in [5, 5.41) is 10.9. The quantitative estimate of drug-likeness (QED) is 0.648. The van der Waals surface area contributed by atoms with Crippen LogP contribution in [0.1, 0.15) is 19.8 Å². The molecule has 1 saturated heterocycles. The smallest absolute Gasteiger partial charge is 0.138 e. The molecule has 1 aliphatic heterocycles. The van der Waals surface area contributed by atoms with Crippen LogP contribution in [0.2, 0.25) is 5.02 Å². The van der Waals surface area contributed by atoms with Crippen molar-refractivity contribution < 1.29 is 14.6 Å². The van der Waals surface area contributed by atoms with Crippen LogP contribution in [0, 0.1) is 0 Å². The highest BCUT2D eigenvalue weighted by Crippen LogP contribution is 2.23. The Hall–Kier alpha value is -0.850. The number of hydrogen-bond donors (Lipinski definition) is 1. The summed E-state index contributed by atoms with van der Waals surface area (Å²) in [6.07, 6.45) is 1.76. The van der Waals surface area contributed by atoms with Crippen molar-refractivity contribution in [2.24, 2.45) is 0 Å². The number of unbranched alkanes of at least 4 members (excludes halogenated alkanes) is 1. The van der Waals surface area contributed by atoms with Crippen LogP contribution < -0.4 is 4.74 Å². The van der Waals surface area contributed by atoms with E-state index in [4.69, 9.17) is 21.1 Å². The number of rotatable bonds is 11. The minimum absolute atomic E-state index is 0.254. The zero-order valence-corrected chi connectivity index (χ0v) is 16.0. The van der Waals surface area contributed by atoms with Gasteiger partial charge in [-0.3, -0.25) is 9.80 Å². The molecule has 1 atom stereocenters. The molecule has 1 aliphatic rings. The zero-order valence-electron chi connectivity index (χ0n) is 15.2. The van der Waals surface area contributed by atoms with E-state index >= 15 is 0 Å². The molecule has 0 bridgehead atoms. The number of aliphatic hydroxyl groups is 1. The molecule has 5 nitrogen and oxygen atoms in total. The molecule has 1 N–H and O–H groups in total. The van der Waals surface area contributed by atoms with Gasteiger partial charge in [-0.25, -0.2) is 0 Å². The lowest BCUT2D eigenvalue weighted by Crippen LogP contribution is -2.44. The van der Waals surface area contributed by atoms with E-state index in [-0.39, 0.29) is 6.61 Å². The van der Waals surface area contributed by atoms with Crippen LogP contribution in [0.4, 0.5) is 0 Å². The summed E-state index contributed by atoms with van der Waals surface area (Å²) in [5.74, 6) is 0.622. The average molecular weight is 371 g/mol. The van der Waals surface area contributed by atoms with Crippen LogP contribution in [0.15, 0.2) is 24.3 Å². The van der Waals surface area contributed by atoms with Crippen LogP contribution in [-0.2, 0) is 4.74 Å². The molecule has 0 aromatic heterocycles. The summed E-state index contributed by atoms with van der Waals surface area (Å²) in [7, 11) is 0. The van der Waals surface area contributed by atoms with E-state index in [1.807, 2.05) is 18.2 Å². The fraction of sp³-hybridized carbons (Fsp3) is 0.684. The van der Waals surface area contributed by atoms with Gasteiger partial charge in [0.25, 0.3) is 0 Å². The maximum atomic E-state index is 10.4. The number of halogens is 1. The van der Waals surface area contributed by atoms with E-state index in [1.165, 1.54) is 0 Å². The normalized spacial score (nSPS) is 17.0. The minimum Gasteiger partial charge on any atom is -0.489 e. The Morgan fingerprint density at radius 1 is 1.28 bits per heavy atom. The second-order valence-corrected chi connectivity index (χ2v) is 6.91. The molecule has 0 amide bonds. The summed E-state index contributed by atoms with van der Waals surface area (Å²) in [6.45, 7) is 9.69. The molecule has 1 heterocycles. The molecule has 0 spiro atoms. The lowest BCUT2D eigenvalue weighted by atomic mass is 10.2. The predicted octanol–water partition coefficient (Wildman–Crippen LogP) is 2.51. The first-order valence-corrected chi connectivity index (χ1v) is 9.64. The first kappa shape index (κ1) is 20.5. The summed E-state index contributed by atoms with van der Waals surface area (Å²) in [4.78, 5) is 4.76. The molecular weight excluding hydrogens is 340 g/mol. The Morgan fingerprint density at radius 2 is 2.04 bits per heavy atom. The second-order valence-electron chi connectivity index (χ2n) is 6.50. The Morgan fingerprint density at radius 3 is 2.76 bits per heavy atom. The van der Waals surface area contributed by atoms with Crippen molar-refractivity contribution in [3.05, 3.63) is 29.3 Å². The van der Waals surface area contributed by atoms with E-state index in [2.05, 4.69) is 16.7 Å². The molecule has 1 unspecified atom stereocenters. The SMILES string of the molecule is CCCCN(CCN1CCOCC1)CC(O)COc1ccccc1Cl. The van der Waals surface area contributed by atoms with Gasteiger partial charge in [0.1, 0.15) is 18.5 Å². The highest BCUT2D eigenvalue weighted by molar-refractivity contribution is 6.32. The Balaban J connectivity index is 1.75. The first-order chi connectivity index (χ1) is 12.2. The van der Waals surface area contributed by atoms with Gasteiger partial charge in [-0.2, -0.15) is 0 Å². The summed E-state index contributed by atoms with van der Waals surface area (Å²) in [5.41, 5.74) is 0. The fourth-order valence-electron chi connectivity index (χ4n) is 2.88. The standard InChI is InChI=1S/C19H31ClN2O3/c1-2-3-8-22(10-9-21-11-13-24-14-12-21)15-17(23)16-25-19-7-5-4-6-18(19)20/h4-7,17,23H,2-3,8-16H2,1H3. The zero-order chi connectivity index (χ0) is 17.9. The molecule has 1 aromatic rings. The third-order valence-electron chi connectivity index (χ3n) is 4.40. The van der Waals surface area contributed by atoms with Gasteiger partial charge in [0.2, 0.25) is 0 Å². The third-order valence-corrected chi connectivity index (χ3v) is 4.71. The summed E-state index contributed by atoms with van der Waals surface area (Å²) < 4.78 is 11.1. The van der Waals surface area contributed by atoms with Gasteiger partial charge >= 0.3 is 0 Å². The minimum atomic E-state index is -0.530. The van der Waals surface area contributed by atoms with E-state index in [9.17, 15) is 5.11 Å². The van der Waals surface area contributed by atoms with E-state index in [0.29, 0.717) is 17.3 Å². The Kier molecular flexibility index (Phi) is 9.58. The predicted molar refractivity (Wildman–Crippen MR) is 102 cm³/mol. The molecule has 2 rings (SSSR count). The van der Waals surface area contributed by atoms with E-state index in [1.54, 1.807) is 6.07 Å². The van der Waals surface area contributed by atoms with Crippen molar-refractivity contribution >= 4 is 11.6 Å². The van der Waals surface area contributed by atoms with E-state index < -0.39 is 6.10 Å². The maximum Gasteiger partial charge on any atom is 0.138 e. The average Bonchev–Trinajstić information content (AvgIpc) is 2.64. The van der Waals surface area contributed by atoms with Gasteiger partial charge in [0, 0.05) is 32.7 Å².